The van der Waals surface area contributed by atoms with Gasteiger partial charge in [-0.15, -0.1) is 0 Å². The first-order valence-electron chi connectivity index (χ1n) is 5.44. The van der Waals surface area contributed by atoms with Crippen molar-refractivity contribution in [3.8, 4) is 0 Å². The van der Waals surface area contributed by atoms with Gasteiger partial charge in [0.2, 0.25) is 0 Å². The smallest absolute Gasteiger partial charge is 0.333 e. The minimum absolute atomic E-state index is 0.307. The lowest BCUT2D eigenvalue weighted by Gasteiger charge is -2.07. The molecule has 0 bridgehead atoms. The molecule has 0 N–H and O–H groups in total. The third-order valence-electron chi connectivity index (χ3n) is 1.72. The van der Waals surface area contributed by atoms with E-state index in [9.17, 15) is 4.79 Å². The molecule has 3 heteroatoms. The van der Waals surface area contributed by atoms with Crippen LogP contribution in [0.15, 0.2) is 12.2 Å². The summed E-state index contributed by atoms with van der Waals surface area (Å²) < 4.78 is 10.3. The van der Waals surface area contributed by atoms with Crippen molar-refractivity contribution in [3.05, 3.63) is 12.2 Å². The standard InChI is InChI=1S/C12H22O3/c1-10(2)9-14-7-5-6-8-15-12(13)11(3)4/h10H,3,5-9H2,1-2,4H3. The van der Waals surface area contributed by atoms with Crippen LogP contribution >= 0.6 is 0 Å². The molecule has 0 aromatic heterocycles. The number of ether oxygens (including phenoxy) is 2. The number of esters is 1. The third kappa shape index (κ3) is 9.47. The molecule has 0 radical (unpaired) electrons. The fourth-order valence-electron chi connectivity index (χ4n) is 0.913. The first-order valence-corrected chi connectivity index (χ1v) is 5.44. The van der Waals surface area contributed by atoms with E-state index in [0.29, 0.717) is 18.1 Å². The van der Waals surface area contributed by atoms with E-state index < -0.39 is 0 Å². The molecule has 0 spiro atoms. The average Bonchev–Trinajstić information content (AvgIpc) is 2.15. The van der Waals surface area contributed by atoms with E-state index in [4.69, 9.17) is 9.47 Å². The fourth-order valence-corrected chi connectivity index (χ4v) is 0.913. The van der Waals surface area contributed by atoms with E-state index in [-0.39, 0.29) is 5.97 Å². The summed E-state index contributed by atoms with van der Waals surface area (Å²) >= 11 is 0. The molecule has 0 aliphatic heterocycles. The maximum atomic E-state index is 11.0. The molecule has 0 aromatic rings. The Hall–Kier alpha value is -0.830. The SMILES string of the molecule is C=C(C)C(=O)OCCCCOCC(C)C. The van der Waals surface area contributed by atoms with Crippen LogP contribution in [0.25, 0.3) is 0 Å². The van der Waals surface area contributed by atoms with Crippen LogP contribution in [0, 0.1) is 5.92 Å². The highest BCUT2D eigenvalue weighted by Crippen LogP contribution is 1.98. The molecule has 15 heavy (non-hydrogen) atoms. The number of carbonyl (C=O) groups is 1. The van der Waals surface area contributed by atoms with Gasteiger partial charge in [0.25, 0.3) is 0 Å². The van der Waals surface area contributed by atoms with Crippen LogP contribution in [0.3, 0.4) is 0 Å². The highest BCUT2D eigenvalue weighted by Gasteiger charge is 2.01. The van der Waals surface area contributed by atoms with Gasteiger partial charge in [0.05, 0.1) is 6.61 Å². The van der Waals surface area contributed by atoms with Crippen molar-refractivity contribution in [2.45, 2.75) is 33.6 Å². The van der Waals surface area contributed by atoms with E-state index in [0.717, 1.165) is 26.1 Å². The molecule has 0 fully saturated rings. The van der Waals surface area contributed by atoms with Crippen molar-refractivity contribution in [2.24, 2.45) is 5.92 Å². The molecule has 0 atom stereocenters. The average molecular weight is 214 g/mol. The zero-order valence-corrected chi connectivity index (χ0v) is 10.0. The summed E-state index contributed by atoms with van der Waals surface area (Å²) in [7, 11) is 0. The summed E-state index contributed by atoms with van der Waals surface area (Å²) in [5.41, 5.74) is 0.450. The Labute approximate surface area is 92.5 Å². The molecule has 0 saturated heterocycles. The van der Waals surface area contributed by atoms with Crippen LogP contribution in [0.1, 0.15) is 33.6 Å². The predicted octanol–water partition coefficient (Wildman–Crippen LogP) is 2.56. The summed E-state index contributed by atoms with van der Waals surface area (Å²) in [5, 5.41) is 0. The molecule has 0 aliphatic rings. The second-order valence-corrected chi connectivity index (χ2v) is 4.09. The van der Waals surface area contributed by atoms with Gasteiger partial charge in [-0.05, 0) is 25.7 Å². The van der Waals surface area contributed by atoms with Gasteiger partial charge in [-0.25, -0.2) is 4.79 Å². The highest BCUT2D eigenvalue weighted by atomic mass is 16.5. The zero-order chi connectivity index (χ0) is 11.7. The predicted molar refractivity (Wildman–Crippen MR) is 60.7 cm³/mol. The number of unbranched alkanes of at least 4 members (excludes halogenated alkanes) is 1. The van der Waals surface area contributed by atoms with Crippen molar-refractivity contribution < 1.29 is 14.3 Å². The van der Waals surface area contributed by atoms with Crippen LogP contribution in [-0.4, -0.2) is 25.8 Å². The van der Waals surface area contributed by atoms with Gasteiger partial charge in [0.1, 0.15) is 0 Å². The second-order valence-electron chi connectivity index (χ2n) is 4.09. The van der Waals surface area contributed by atoms with Gasteiger partial charge in [-0.3, -0.25) is 0 Å². The molecule has 88 valence electrons. The first-order chi connectivity index (χ1) is 7.04. The number of hydrogen-bond donors (Lipinski definition) is 0. The minimum atomic E-state index is -0.307. The second kappa shape index (κ2) is 8.48. The first kappa shape index (κ1) is 14.2. The molecule has 0 amide bonds. The van der Waals surface area contributed by atoms with E-state index in [2.05, 4.69) is 20.4 Å². The van der Waals surface area contributed by atoms with Gasteiger partial charge >= 0.3 is 5.97 Å². The Morgan fingerprint density at radius 3 is 2.40 bits per heavy atom. The summed E-state index contributed by atoms with van der Waals surface area (Å²) in [6, 6.07) is 0. The lowest BCUT2D eigenvalue weighted by atomic mass is 10.2. The van der Waals surface area contributed by atoms with Gasteiger partial charge in [0.15, 0.2) is 0 Å². The van der Waals surface area contributed by atoms with Crippen molar-refractivity contribution in [1.82, 2.24) is 0 Å². The molecule has 0 aliphatic carbocycles. The van der Waals surface area contributed by atoms with Crippen LogP contribution in [0.2, 0.25) is 0 Å². The summed E-state index contributed by atoms with van der Waals surface area (Å²) in [6.45, 7) is 11.4. The monoisotopic (exact) mass is 214 g/mol. The molecule has 0 aromatic carbocycles. The van der Waals surface area contributed by atoms with Crippen LogP contribution in [0.4, 0.5) is 0 Å². The molecule has 0 heterocycles. The molecular formula is C12H22O3. The van der Waals surface area contributed by atoms with Gasteiger partial charge in [-0.1, -0.05) is 20.4 Å². The van der Waals surface area contributed by atoms with Gasteiger partial charge < -0.3 is 9.47 Å². The number of carbonyl (C=O) groups excluding carboxylic acids is 1. The largest absolute Gasteiger partial charge is 0.462 e. The molecule has 0 rings (SSSR count). The van der Waals surface area contributed by atoms with Crippen molar-refractivity contribution >= 4 is 5.97 Å². The Balaban J connectivity index is 3.18. The van der Waals surface area contributed by atoms with Crippen molar-refractivity contribution in [1.29, 1.82) is 0 Å². The summed E-state index contributed by atoms with van der Waals surface area (Å²) in [5.74, 6) is 0.268. The minimum Gasteiger partial charge on any atom is -0.462 e. The summed E-state index contributed by atoms with van der Waals surface area (Å²) in [4.78, 5) is 11.0. The summed E-state index contributed by atoms with van der Waals surface area (Å²) in [6.07, 6.45) is 1.77. The third-order valence-corrected chi connectivity index (χ3v) is 1.72. The Kier molecular flexibility index (Phi) is 8.01. The Bertz CT molecular complexity index is 197. The van der Waals surface area contributed by atoms with E-state index >= 15 is 0 Å². The normalized spacial score (nSPS) is 10.4. The maximum absolute atomic E-state index is 11.0. The van der Waals surface area contributed by atoms with E-state index in [1.165, 1.54) is 0 Å². The van der Waals surface area contributed by atoms with Gasteiger partial charge in [0, 0.05) is 18.8 Å². The van der Waals surface area contributed by atoms with Crippen molar-refractivity contribution in [3.63, 3.8) is 0 Å². The Morgan fingerprint density at radius 2 is 1.87 bits per heavy atom. The zero-order valence-electron chi connectivity index (χ0n) is 10.0. The topological polar surface area (TPSA) is 35.5 Å². The molecule has 0 saturated carbocycles. The van der Waals surface area contributed by atoms with Crippen LogP contribution < -0.4 is 0 Å². The van der Waals surface area contributed by atoms with Gasteiger partial charge in [-0.2, -0.15) is 0 Å². The highest BCUT2D eigenvalue weighted by molar-refractivity contribution is 5.86. The van der Waals surface area contributed by atoms with Crippen LogP contribution in [-0.2, 0) is 14.3 Å². The lowest BCUT2D eigenvalue weighted by molar-refractivity contribution is -0.139. The van der Waals surface area contributed by atoms with Crippen LogP contribution in [0.5, 0.6) is 0 Å². The van der Waals surface area contributed by atoms with Crippen molar-refractivity contribution in [2.75, 3.05) is 19.8 Å². The molecule has 3 nitrogen and oxygen atoms in total. The fraction of sp³-hybridized carbons (Fsp3) is 0.750. The lowest BCUT2D eigenvalue weighted by Crippen LogP contribution is -2.08. The molecule has 0 unspecified atom stereocenters. The van der Waals surface area contributed by atoms with E-state index in [1.807, 2.05) is 0 Å². The Morgan fingerprint density at radius 1 is 1.27 bits per heavy atom. The number of rotatable bonds is 8. The quantitative estimate of drug-likeness (QED) is 0.354. The number of hydrogen-bond acceptors (Lipinski definition) is 3. The molecular weight excluding hydrogens is 192 g/mol. The van der Waals surface area contributed by atoms with E-state index in [1.54, 1.807) is 6.92 Å². The maximum Gasteiger partial charge on any atom is 0.333 e.